The molecule has 1 saturated carbocycles. The number of carbonyl (C=O) groups is 2. The molecule has 126 valence electrons. The van der Waals surface area contributed by atoms with Crippen molar-refractivity contribution in [2.75, 3.05) is 18.4 Å². The number of fused-ring (bicyclic) bond motifs is 1. The first-order valence-corrected chi connectivity index (χ1v) is 8.68. The highest BCUT2D eigenvalue weighted by Gasteiger charge is 2.38. The van der Waals surface area contributed by atoms with Gasteiger partial charge in [0, 0.05) is 25.1 Å². The normalized spacial score (nSPS) is 20.6. The Labute approximate surface area is 140 Å². The van der Waals surface area contributed by atoms with Crippen LogP contribution in [0.2, 0.25) is 0 Å². The number of likely N-dealkylation sites (tertiary alicyclic amines) is 1. The van der Waals surface area contributed by atoms with Gasteiger partial charge in [-0.2, -0.15) is 0 Å². The summed E-state index contributed by atoms with van der Waals surface area (Å²) in [4.78, 5) is 30.1. The van der Waals surface area contributed by atoms with Crippen LogP contribution < -0.4 is 5.32 Å². The number of nitrogens with one attached hydrogen (secondary N) is 1. The van der Waals surface area contributed by atoms with Gasteiger partial charge in [0.2, 0.25) is 11.8 Å². The molecule has 1 aromatic carbocycles. The molecule has 1 saturated heterocycles. The molecule has 0 radical (unpaired) electrons. The molecule has 1 aliphatic heterocycles. The number of halogens is 2. The second kappa shape index (κ2) is 5.77. The van der Waals surface area contributed by atoms with Crippen LogP contribution in [0.25, 0.3) is 10.2 Å². The summed E-state index contributed by atoms with van der Waals surface area (Å²) in [6.07, 6.45) is 2.50. The standard InChI is InChI=1S/C16H15F2N3O2S/c17-10-5-11(18)13-12(6-10)24-16(19-13)20-14(22)9-3-4-21(7-9)15(23)8-1-2-8/h5-6,8-9H,1-4,7H2,(H,19,20,22). The smallest absolute Gasteiger partial charge is 0.231 e. The van der Waals surface area contributed by atoms with Gasteiger partial charge in [-0.1, -0.05) is 11.3 Å². The minimum absolute atomic E-state index is 0.0497. The molecular weight excluding hydrogens is 336 g/mol. The second-order valence-corrected chi connectivity index (χ2v) is 7.32. The first kappa shape index (κ1) is 15.4. The van der Waals surface area contributed by atoms with E-state index in [4.69, 9.17) is 0 Å². The van der Waals surface area contributed by atoms with E-state index >= 15 is 0 Å². The van der Waals surface area contributed by atoms with Gasteiger partial charge in [-0.05, 0) is 25.3 Å². The summed E-state index contributed by atoms with van der Waals surface area (Å²) in [6, 6.07) is 1.96. The number of hydrogen-bond donors (Lipinski definition) is 1. The van der Waals surface area contributed by atoms with E-state index in [9.17, 15) is 18.4 Å². The second-order valence-electron chi connectivity index (χ2n) is 6.29. The van der Waals surface area contributed by atoms with Gasteiger partial charge in [0.25, 0.3) is 0 Å². The van der Waals surface area contributed by atoms with Gasteiger partial charge in [-0.3, -0.25) is 9.59 Å². The fourth-order valence-electron chi connectivity index (χ4n) is 2.98. The number of rotatable bonds is 3. The molecule has 2 heterocycles. The monoisotopic (exact) mass is 351 g/mol. The molecule has 2 amide bonds. The molecule has 1 aromatic heterocycles. The predicted molar refractivity (Wildman–Crippen MR) is 85.6 cm³/mol. The zero-order valence-electron chi connectivity index (χ0n) is 12.7. The van der Waals surface area contributed by atoms with Gasteiger partial charge in [-0.25, -0.2) is 13.8 Å². The van der Waals surface area contributed by atoms with Crippen molar-refractivity contribution in [3.8, 4) is 0 Å². The number of anilines is 1. The third kappa shape index (κ3) is 2.86. The van der Waals surface area contributed by atoms with E-state index in [2.05, 4.69) is 10.3 Å². The molecule has 0 bridgehead atoms. The number of carbonyl (C=O) groups excluding carboxylic acids is 2. The lowest BCUT2D eigenvalue weighted by molar-refractivity contribution is -0.131. The van der Waals surface area contributed by atoms with Gasteiger partial charge in [0.05, 0.1) is 10.6 Å². The maximum Gasteiger partial charge on any atom is 0.231 e. The molecule has 2 aliphatic rings. The summed E-state index contributed by atoms with van der Waals surface area (Å²) in [5.41, 5.74) is 0.0497. The Morgan fingerprint density at radius 2 is 2.00 bits per heavy atom. The molecule has 1 atom stereocenters. The van der Waals surface area contributed by atoms with Crippen LogP contribution >= 0.6 is 11.3 Å². The Morgan fingerprint density at radius 3 is 2.75 bits per heavy atom. The van der Waals surface area contributed by atoms with Crippen molar-refractivity contribution in [1.29, 1.82) is 0 Å². The van der Waals surface area contributed by atoms with Crippen LogP contribution in [-0.2, 0) is 9.59 Å². The van der Waals surface area contributed by atoms with Gasteiger partial charge in [0.15, 0.2) is 10.9 Å². The Kier molecular flexibility index (Phi) is 3.71. The van der Waals surface area contributed by atoms with Crippen molar-refractivity contribution in [3.05, 3.63) is 23.8 Å². The minimum atomic E-state index is -0.746. The lowest BCUT2D eigenvalue weighted by atomic mass is 10.1. The third-order valence-corrected chi connectivity index (χ3v) is 5.36. The number of aromatic nitrogens is 1. The molecule has 0 spiro atoms. The number of hydrogen-bond acceptors (Lipinski definition) is 4. The molecule has 5 nitrogen and oxygen atoms in total. The van der Waals surface area contributed by atoms with E-state index in [1.165, 1.54) is 6.07 Å². The maximum absolute atomic E-state index is 13.7. The van der Waals surface area contributed by atoms with E-state index in [1.807, 2.05) is 0 Å². The molecule has 2 fully saturated rings. The molecule has 1 N–H and O–H groups in total. The van der Waals surface area contributed by atoms with Gasteiger partial charge >= 0.3 is 0 Å². The van der Waals surface area contributed by atoms with E-state index in [-0.39, 0.29) is 34.3 Å². The minimum Gasteiger partial charge on any atom is -0.342 e. The van der Waals surface area contributed by atoms with E-state index in [0.29, 0.717) is 24.2 Å². The number of amides is 2. The van der Waals surface area contributed by atoms with Gasteiger partial charge < -0.3 is 10.2 Å². The molecule has 2 aromatic rings. The summed E-state index contributed by atoms with van der Waals surface area (Å²) in [6.45, 7) is 1.00. The molecular formula is C16H15F2N3O2S. The fourth-order valence-corrected chi connectivity index (χ4v) is 3.89. The quantitative estimate of drug-likeness (QED) is 0.925. The van der Waals surface area contributed by atoms with Crippen molar-refractivity contribution in [2.24, 2.45) is 11.8 Å². The van der Waals surface area contributed by atoms with Crippen LogP contribution in [0.5, 0.6) is 0 Å². The molecule has 24 heavy (non-hydrogen) atoms. The maximum atomic E-state index is 13.7. The Morgan fingerprint density at radius 1 is 1.21 bits per heavy atom. The van der Waals surface area contributed by atoms with Gasteiger partial charge in [0.1, 0.15) is 11.3 Å². The SMILES string of the molecule is O=C(Nc1nc2c(F)cc(F)cc2s1)C1CCN(C(=O)C2CC2)C1. The summed E-state index contributed by atoms with van der Waals surface area (Å²) in [5.74, 6) is -1.66. The number of nitrogens with zero attached hydrogens (tertiary/aromatic N) is 2. The van der Waals surface area contributed by atoms with E-state index in [0.717, 1.165) is 30.2 Å². The predicted octanol–water partition coefficient (Wildman–Crippen LogP) is 2.77. The summed E-state index contributed by atoms with van der Waals surface area (Å²) in [5, 5.41) is 2.91. The first-order chi connectivity index (χ1) is 11.5. The molecule has 4 rings (SSSR count). The highest BCUT2D eigenvalue weighted by Crippen LogP contribution is 2.33. The molecule has 1 unspecified atom stereocenters. The van der Waals surface area contributed by atoms with Crippen LogP contribution in [0.1, 0.15) is 19.3 Å². The topological polar surface area (TPSA) is 62.3 Å². The average Bonchev–Trinajstić information content (AvgIpc) is 3.11. The van der Waals surface area contributed by atoms with E-state index in [1.54, 1.807) is 4.90 Å². The fraction of sp³-hybridized carbons (Fsp3) is 0.438. The number of benzene rings is 1. The Balaban J connectivity index is 1.44. The first-order valence-electron chi connectivity index (χ1n) is 7.86. The van der Waals surface area contributed by atoms with Crippen molar-refractivity contribution in [1.82, 2.24) is 9.88 Å². The van der Waals surface area contributed by atoms with Crippen LogP contribution in [0.4, 0.5) is 13.9 Å². The zero-order chi connectivity index (χ0) is 16.8. The summed E-state index contributed by atoms with van der Waals surface area (Å²) < 4.78 is 27.2. The van der Waals surface area contributed by atoms with Crippen LogP contribution in [-0.4, -0.2) is 34.8 Å². The van der Waals surface area contributed by atoms with Crippen LogP contribution in [0, 0.1) is 23.5 Å². The van der Waals surface area contributed by atoms with Crippen molar-refractivity contribution >= 4 is 38.5 Å². The highest BCUT2D eigenvalue weighted by atomic mass is 32.1. The molecule has 1 aliphatic carbocycles. The Hall–Kier alpha value is -2.09. The van der Waals surface area contributed by atoms with E-state index < -0.39 is 11.6 Å². The Bertz CT molecular complexity index is 834. The zero-order valence-corrected chi connectivity index (χ0v) is 13.5. The lowest BCUT2D eigenvalue weighted by Gasteiger charge is -2.15. The van der Waals surface area contributed by atoms with Crippen LogP contribution in [0.3, 0.4) is 0 Å². The third-order valence-electron chi connectivity index (χ3n) is 4.44. The summed E-state index contributed by atoms with van der Waals surface area (Å²) in [7, 11) is 0. The largest absolute Gasteiger partial charge is 0.342 e. The lowest BCUT2D eigenvalue weighted by Crippen LogP contribution is -2.32. The van der Waals surface area contributed by atoms with Crippen molar-refractivity contribution in [3.63, 3.8) is 0 Å². The van der Waals surface area contributed by atoms with Gasteiger partial charge in [-0.15, -0.1) is 0 Å². The summed E-state index contributed by atoms with van der Waals surface area (Å²) >= 11 is 1.03. The van der Waals surface area contributed by atoms with Crippen molar-refractivity contribution < 1.29 is 18.4 Å². The van der Waals surface area contributed by atoms with Crippen LogP contribution in [0.15, 0.2) is 12.1 Å². The molecule has 8 heteroatoms. The number of thiazole rings is 1. The highest BCUT2D eigenvalue weighted by molar-refractivity contribution is 7.22. The average molecular weight is 351 g/mol. The van der Waals surface area contributed by atoms with Crippen molar-refractivity contribution in [2.45, 2.75) is 19.3 Å².